The minimum atomic E-state index is -0.202. The van der Waals surface area contributed by atoms with Crippen molar-refractivity contribution in [1.29, 1.82) is 0 Å². The monoisotopic (exact) mass is 406 g/mol. The van der Waals surface area contributed by atoms with Crippen LogP contribution in [0.5, 0.6) is 0 Å². The number of piperidine rings is 1. The van der Waals surface area contributed by atoms with Gasteiger partial charge in [0.05, 0.1) is 17.6 Å². The molecule has 1 unspecified atom stereocenters. The molecule has 0 radical (unpaired) electrons. The molecule has 0 spiro atoms. The van der Waals surface area contributed by atoms with Crippen molar-refractivity contribution >= 4 is 40.6 Å². The van der Waals surface area contributed by atoms with Gasteiger partial charge >= 0.3 is 0 Å². The Balaban J connectivity index is 1.44. The van der Waals surface area contributed by atoms with E-state index < -0.39 is 0 Å². The maximum Gasteiger partial charge on any atom is 0.237 e. The number of halogens is 1. The molecule has 0 aromatic carbocycles. The summed E-state index contributed by atoms with van der Waals surface area (Å²) < 4.78 is 0. The number of nitrogens with zero attached hydrogens (tertiary/aromatic N) is 2. The Labute approximate surface area is 167 Å². The highest BCUT2D eigenvalue weighted by Gasteiger charge is 2.29. The van der Waals surface area contributed by atoms with Gasteiger partial charge in [-0.2, -0.15) is 0 Å². The lowest BCUT2D eigenvalue weighted by Crippen LogP contribution is -2.49. The lowest BCUT2D eigenvalue weighted by molar-refractivity contribution is -0.127. The van der Waals surface area contributed by atoms with Crippen LogP contribution in [-0.4, -0.2) is 40.8 Å². The third-order valence-electron chi connectivity index (χ3n) is 4.82. The fourth-order valence-corrected chi connectivity index (χ4v) is 3.88. The molecule has 1 aliphatic rings. The van der Waals surface area contributed by atoms with E-state index >= 15 is 0 Å². The number of pyridine rings is 1. The highest BCUT2D eigenvalue weighted by atomic mass is 35.5. The molecule has 2 aromatic heterocycles. The number of amides is 2. The minimum absolute atomic E-state index is 0.0247. The van der Waals surface area contributed by atoms with Gasteiger partial charge in [0.2, 0.25) is 11.8 Å². The van der Waals surface area contributed by atoms with Crippen LogP contribution >= 0.6 is 22.9 Å². The maximum atomic E-state index is 12.4. The standard InChI is InChI=1S/C19H23ClN4O2S/c1-13(18(25)22-12-16-3-2-10-27-16)24-8-6-14(7-9-24)19(26)23-17-5-4-15(20)11-21-17/h2-5,10-11,13-14H,6-9,12H2,1H3,(H,22,25)(H,21,23,26). The average molecular weight is 407 g/mol. The van der Waals surface area contributed by atoms with E-state index in [1.807, 2.05) is 24.4 Å². The van der Waals surface area contributed by atoms with Crippen LogP contribution in [0.25, 0.3) is 0 Å². The molecule has 27 heavy (non-hydrogen) atoms. The summed E-state index contributed by atoms with van der Waals surface area (Å²) in [5.41, 5.74) is 0. The van der Waals surface area contributed by atoms with Gasteiger partial charge in [-0.25, -0.2) is 4.98 Å². The molecule has 0 saturated carbocycles. The van der Waals surface area contributed by atoms with E-state index in [1.165, 1.54) is 6.20 Å². The topological polar surface area (TPSA) is 74.3 Å². The van der Waals surface area contributed by atoms with Crippen LogP contribution in [0, 0.1) is 5.92 Å². The number of hydrogen-bond acceptors (Lipinski definition) is 5. The lowest BCUT2D eigenvalue weighted by Gasteiger charge is -2.34. The molecule has 2 N–H and O–H groups in total. The highest BCUT2D eigenvalue weighted by molar-refractivity contribution is 7.09. The summed E-state index contributed by atoms with van der Waals surface area (Å²) >= 11 is 7.44. The molecule has 144 valence electrons. The van der Waals surface area contributed by atoms with E-state index in [9.17, 15) is 9.59 Å². The molecule has 0 aliphatic carbocycles. The zero-order chi connectivity index (χ0) is 19.2. The predicted octanol–water partition coefficient (Wildman–Crippen LogP) is 3.15. The first-order valence-electron chi connectivity index (χ1n) is 8.99. The third kappa shape index (κ3) is 5.51. The zero-order valence-corrected chi connectivity index (χ0v) is 16.7. The second kappa shape index (κ2) is 9.30. The number of nitrogens with one attached hydrogen (secondary N) is 2. The molecule has 8 heteroatoms. The Kier molecular flexibility index (Phi) is 6.82. The first-order valence-corrected chi connectivity index (χ1v) is 10.3. The number of carbonyl (C=O) groups is 2. The Morgan fingerprint density at radius 3 is 2.74 bits per heavy atom. The summed E-state index contributed by atoms with van der Waals surface area (Å²) in [6.07, 6.45) is 2.96. The fraction of sp³-hybridized carbons (Fsp3) is 0.421. The van der Waals surface area contributed by atoms with Crippen LogP contribution in [0.3, 0.4) is 0 Å². The first kappa shape index (κ1) is 19.8. The van der Waals surface area contributed by atoms with Crippen LogP contribution in [-0.2, 0) is 16.1 Å². The van der Waals surface area contributed by atoms with Crippen LogP contribution in [0.2, 0.25) is 5.02 Å². The maximum absolute atomic E-state index is 12.4. The van der Waals surface area contributed by atoms with Gasteiger partial charge in [-0.3, -0.25) is 14.5 Å². The summed E-state index contributed by atoms with van der Waals surface area (Å²) in [4.78, 5) is 32.2. The van der Waals surface area contributed by atoms with Gasteiger partial charge in [0.1, 0.15) is 5.82 Å². The number of thiophene rings is 1. The van der Waals surface area contributed by atoms with Crippen molar-refractivity contribution in [2.45, 2.75) is 32.4 Å². The van der Waals surface area contributed by atoms with E-state index in [0.29, 0.717) is 17.4 Å². The number of likely N-dealkylation sites (tertiary alicyclic amines) is 1. The van der Waals surface area contributed by atoms with Gasteiger partial charge in [0.25, 0.3) is 0 Å². The Bertz CT molecular complexity index is 759. The minimum Gasteiger partial charge on any atom is -0.350 e. The van der Waals surface area contributed by atoms with Crippen molar-refractivity contribution in [2.75, 3.05) is 18.4 Å². The van der Waals surface area contributed by atoms with Gasteiger partial charge in [0.15, 0.2) is 0 Å². The Morgan fingerprint density at radius 1 is 1.33 bits per heavy atom. The SMILES string of the molecule is CC(C(=O)NCc1cccs1)N1CCC(C(=O)Nc2ccc(Cl)cn2)CC1. The van der Waals surface area contributed by atoms with Gasteiger partial charge in [0, 0.05) is 17.0 Å². The van der Waals surface area contributed by atoms with E-state index in [4.69, 9.17) is 11.6 Å². The van der Waals surface area contributed by atoms with Crippen LogP contribution in [0.15, 0.2) is 35.8 Å². The molecular weight excluding hydrogens is 384 g/mol. The molecular formula is C19H23ClN4O2S. The summed E-state index contributed by atoms with van der Waals surface area (Å²) in [6.45, 7) is 3.93. The van der Waals surface area contributed by atoms with Crippen molar-refractivity contribution in [3.8, 4) is 0 Å². The molecule has 3 rings (SSSR count). The van der Waals surface area contributed by atoms with Crippen LogP contribution in [0.1, 0.15) is 24.6 Å². The molecule has 6 nitrogen and oxygen atoms in total. The normalized spacial score (nSPS) is 16.7. The zero-order valence-electron chi connectivity index (χ0n) is 15.2. The quantitative estimate of drug-likeness (QED) is 0.772. The van der Waals surface area contributed by atoms with E-state index in [2.05, 4.69) is 20.5 Å². The molecule has 1 fully saturated rings. The average Bonchev–Trinajstić information content (AvgIpc) is 3.21. The molecule has 1 atom stereocenters. The van der Waals surface area contributed by atoms with Gasteiger partial charge in [-0.15, -0.1) is 11.3 Å². The Hall–Kier alpha value is -1.96. The van der Waals surface area contributed by atoms with Gasteiger partial charge < -0.3 is 10.6 Å². The van der Waals surface area contributed by atoms with Crippen molar-refractivity contribution in [3.63, 3.8) is 0 Å². The summed E-state index contributed by atoms with van der Waals surface area (Å²) in [7, 11) is 0. The Morgan fingerprint density at radius 2 is 2.11 bits per heavy atom. The fourth-order valence-electron chi connectivity index (χ4n) is 3.13. The first-order chi connectivity index (χ1) is 13.0. The number of rotatable bonds is 6. The highest BCUT2D eigenvalue weighted by Crippen LogP contribution is 2.21. The van der Waals surface area contributed by atoms with Gasteiger partial charge in [-0.1, -0.05) is 17.7 Å². The third-order valence-corrected chi connectivity index (χ3v) is 5.92. The molecule has 0 bridgehead atoms. The predicted molar refractivity (Wildman–Crippen MR) is 108 cm³/mol. The van der Waals surface area contributed by atoms with Crippen molar-refractivity contribution in [2.24, 2.45) is 5.92 Å². The van der Waals surface area contributed by atoms with E-state index in [0.717, 1.165) is 30.8 Å². The van der Waals surface area contributed by atoms with Crippen molar-refractivity contribution < 1.29 is 9.59 Å². The summed E-state index contributed by atoms with van der Waals surface area (Å²) in [5, 5.41) is 8.36. The second-order valence-corrected chi connectivity index (χ2v) is 8.10. The molecule has 2 amide bonds. The summed E-state index contributed by atoms with van der Waals surface area (Å²) in [5.74, 6) is 0.434. The second-order valence-electron chi connectivity index (χ2n) is 6.63. The van der Waals surface area contributed by atoms with E-state index in [1.54, 1.807) is 23.5 Å². The van der Waals surface area contributed by atoms with Gasteiger partial charge in [-0.05, 0) is 56.4 Å². The molecule has 1 saturated heterocycles. The molecule has 2 aromatic rings. The van der Waals surface area contributed by atoms with Crippen LogP contribution in [0.4, 0.5) is 5.82 Å². The van der Waals surface area contributed by atoms with Crippen LogP contribution < -0.4 is 10.6 Å². The smallest absolute Gasteiger partial charge is 0.237 e. The number of aromatic nitrogens is 1. The van der Waals surface area contributed by atoms with Crippen molar-refractivity contribution in [1.82, 2.24) is 15.2 Å². The summed E-state index contributed by atoms with van der Waals surface area (Å²) in [6, 6.07) is 7.17. The number of carbonyl (C=O) groups excluding carboxylic acids is 2. The number of hydrogen-bond donors (Lipinski definition) is 2. The largest absolute Gasteiger partial charge is 0.350 e. The van der Waals surface area contributed by atoms with Crippen molar-refractivity contribution in [3.05, 3.63) is 45.7 Å². The van der Waals surface area contributed by atoms with E-state index in [-0.39, 0.29) is 23.8 Å². The molecule has 1 aliphatic heterocycles. The molecule has 3 heterocycles. The lowest BCUT2D eigenvalue weighted by atomic mass is 9.95. The number of anilines is 1.